The maximum Gasteiger partial charge on any atom is 0.325 e. The van der Waals surface area contributed by atoms with E-state index in [1.54, 1.807) is 24.0 Å². The van der Waals surface area contributed by atoms with Gasteiger partial charge in [-0.15, -0.1) is 0 Å². The van der Waals surface area contributed by atoms with Crippen molar-refractivity contribution in [3.8, 4) is 0 Å². The number of esters is 1. The Balaban J connectivity index is 2.10. The molecule has 0 N–H and O–H groups in total. The first kappa shape index (κ1) is 13.5. The summed E-state index contributed by atoms with van der Waals surface area (Å²) in [6.45, 7) is 3.92. The Kier molecular flexibility index (Phi) is 4.14. The lowest BCUT2D eigenvalue weighted by molar-refractivity contribution is -0.144. The summed E-state index contributed by atoms with van der Waals surface area (Å²) in [6.07, 6.45) is 1.88. The van der Waals surface area contributed by atoms with Gasteiger partial charge in [-0.3, -0.25) is 9.59 Å². The van der Waals surface area contributed by atoms with Gasteiger partial charge in [-0.25, -0.2) is 4.98 Å². The summed E-state index contributed by atoms with van der Waals surface area (Å²) in [7, 11) is 0. The molecule has 1 fully saturated rings. The molecule has 0 unspecified atom stereocenters. The van der Waals surface area contributed by atoms with Crippen LogP contribution in [0.25, 0.3) is 0 Å². The van der Waals surface area contributed by atoms with Crippen molar-refractivity contribution in [2.24, 2.45) is 0 Å². The normalized spacial score (nSPS) is 14.0. The van der Waals surface area contributed by atoms with Gasteiger partial charge in [-0.05, 0) is 38.8 Å². The molecule has 19 heavy (non-hydrogen) atoms. The molecule has 5 heteroatoms. The average molecular weight is 262 g/mol. The van der Waals surface area contributed by atoms with Crippen LogP contribution < -0.4 is 0 Å². The van der Waals surface area contributed by atoms with E-state index in [0.29, 0.717) is 12.3 Å². The van der Waals surface area contributed by atoms with Gasteiger partial charge >= 0.3 is 5.97 Å². The predicted octanol–water partition coefficient (Wildman–Crippen LogP) is 1.56. The first-order valence-electron chi connectivity index (χ1n) is 6.52. The number of carbonyl (C=O) groups excluding carboxylic acids is 2. The lowest BCUT2D eigenvalue weighted by atomic mass is 10.2. The Morgan fingerprint density at radius 3 is 2.74 bits per heavy atom. The highest BCUT2D eigenvalue weighted by Crippen LogP contribution is 2.27. The number of ether oxygens (including phenoxy) is 1. The maximum absolute atomic E-state index is 12.4. The summed E-state index contributed by atoms with van der Waals surface area (Å²) in [4.78, 5) is 29.7. The van der Waals surface area contributed by atoms with Gasteiger partial charge in [0.2, 0.25) is 0 Å². The zero-order chi connectivity index (χ0) is 13.8. The van der Waals surface area contributed by atoms with Crippen molar-refractivity contribution >= 4 is 11.9 Å². The van der Waals surface area contributed by atoms with E-state index in [4.69, 9.17) is 4.74 Å². The third-order valence-corrected chi connectivity index (χ3v) is 2.96. The molecule has 1 aromatic heterocycles. The van der Waals surface area contributed by atoms with Crippen LogP contribution in [0.4, 0.5) is 0 Å². The van der Waals surface area contributed by atoms with E-state index in [1.807, 2.05) is 13.0 Å². The van der Waals surface area contributed by atoms with Crippen molar-refractivity contribution in [1.29, 1.82) is 0 Å². The molecule has 0 aromatic carbocycles. The van der Waals surface area contributed by atoms with Crippen LogP contribution in [0.5, 0.6) is 0 Å². The maximum atomic E-state index is 12.4. The molecule has 1 aliphatic rings. The second kappa shape index (κ2) is 5.82. The third-order valence-electron chi connectivity index (χ3n) is 2.96. The standard InChI is InChI=1S/C14H18N2O3/c1-3-19-13(17)9-16(11-7-8-11)14(18)12-6-4-5-10(2)15-12/h4-6,11H,3,7-9H2,1-2H3. The molecule has 0 aliphatic heterocycles. The number of rotatable bonds is 5. The lowest BCUT2D eigenvalue weighted by Gasteiger charge is -2.20. The van der Waals surface area contributed by atoms with Crippen LogP contribution >= 0.6 is 0 Å². The highest BCUT2D eigenvalue weighted by atomic mass is 16.5. The number of hydrogen-bond acceptors (Lipinski definition) is 4. The molecule has 0 atom stereocenters. The van der Waals surface area contributed by atoms with Gasteiger partial charge in [0.15, 0.2) is 0 Å². The zero-order valence-electron chi connectivity index (χ0n) is 11.3. The molecule has 0 radical (unpaired) electrons. The number of pyridine rings is 1. The number of aromatic nitrogens is 1. The molecule has 1 aliphatic carbocycles. The van der Waals surface area contributed by atoms with E-state index in [9.17, 15) is 9.59 Å². The van der Waals surface area contributed by atoms with Crippen molar-refractivity contribution in [3.63, 3.8) is 0 Å². The predicted molar refractivity (Wildman–Crippen MR) is 69.7 cm³/mol. The van der Waals surface area contributed by atoms with Crippen LogP contribution in [0.1, 0.15) is 35.9 Å². The molecule has 2 rings (SSSR count). The molecule has 102 valence electrons. The van der Waals surface area contributed by atoms with E-state index in [-0.39, 0.29) is 24.5 Å². The van der Waals surface area contributed by atoms with Crippen LogP contribution in [0.15, 0.2) is 18.2 Å². The van der Waals surface area contributed by atoms with Crippen molar-refractivity contribution < 1.29 is 14.3 Å². The van der Waals surface area contributed by atoms with Crippen LogP contribution in [0.3, 0.4) is 0 Å². The van der Waals surface area contributed by atoms with Crippen molar-refractivity contribution in [3.05, 3.63) is 29.6 Å². The van der Waals surface area contributed by atoms with E-state index >= 15 is 0 Å². The first-order valence-corrected chi connectivity index (χ1v) is 6.52. The fourth-order valence-electron chi connectivity index (χ4n) is 1.91. The Morgan fingerprint density at radius 2 is 2.16 bits per heavy atom. The number of nitrogens with zero attached hydrogens (tertiary/aromatic N) is 2. The van der Waals surface area contributed by atoms with Gasteiger partial charge < -0.3 is 9.64 Å². The molecular weight excluding hydrogens is 244 g/mol. The van der Waals surface area contributed by atoms with Gasteiger partial charge in [0.1, 0.15) is 12.2 Å². The van der Waals surface area contributed by atoms with Gasteiger partial charge in [0, 0.05) is 11.7 Å². The third kappa shape index (κ3) is 3.53. The number of aryl methyl sites for hydroxylation is 1. The number of hydrogen-bond donors (Lipinski definition) is 0. The summed E-state index contributed by atoms with van der Waals surface area (Å²) < 4.78 is 4.91. The minimum atomic E-state index is -0.365. The molecule has 1 aromatic rings. The van der Waals surface area contributed by atoms with Crippen molar-refractivity contribution in [2.45, 2.75) is 32.7 Å². The van der Waals surface area contributed by atoms with Crippen molar-refractivity contribution in [1.82, 2.24) is 9.88 Å². The van der Waals surface area contributed by atoms with Crippen LogP contribution in [0, 0.1) is 6.92 Å². The first-order chi connectivity index (χ1) is 9.11. The Bertz CT molecular complexity index is 483. The molecular formula is C14H18N2O3. The van der Waals surface area contributed by atoms with Gasteiger partial charge in [0.05, 0.1) is 6.61 Å². The minimum Gasteiger partial charge on any atom is -0.465 e. The van der Waals surface area contributed by atoms with Gasteiger partial charge in [-0.2, -0.15) is 0 Å². The Morgan fingerprint density at radius 1 is 1.42 bits per heavy atom. The summed E-state index contributed by atoms with van der Waals surface area (Å²) in [5.41, 5.74) is 1.17. The quantitative estimate of drug-likeness (QED) is 0.755. The van der Waals surface area contributed by atoms with Gasteiger partial charge in [-0.1, -0.05) is 6.07 Å². The molecule has 1 saturated carbocycles. The molecule has 0 spiro atoms. The SMILES string of the molecule is CCOC(=O)CN(C(=O)c1cccc(C)n1)C1CC1. The molecule has 1 heterocycles. The second-order valence-electron chi connectivity index (χ2n) is 4.63. The summed E-state index contributed by atoms with van der Waals surface area (Å²) in [5.74, 6) is -0.561. The van der Waals surface area contributed by atoms with Crippen molar-refractivity contribution in [2.75, 3.05) is 13.2 Å². The smallest absolute Gasteiger partial charge is 0.325 e. The fourth-order valence-corrected chi connectivity index (χ4v) is 1.91. The number of amides is 1. The van der Waals surface area contributed by atoms with Crippen LogP contribution in [-0.2, 0) is 9.53 Å². The van der Waals surface area contributed by atoms with E-state index in [0.717, 1.165) is 18.5 Å². The van der Waals surface area contributed by atoms with E-state index in [1.165, 1.54) is 0 Å². The van der Waals surface area contributed by atoms with E-state index in [2.05, 4.69) is 4.98 Å². The molecule has 0 saturated heterocycles. The zero-order valence-corrected chi connectivity index (χ0v) is 11.3. The van der Waals surface area contributed by atoms with Gasteiger partial charge in [0.25, 0.3) is 5.91 Å². The minimum absolute atomic E-state index is 0.00691. The average Bonchev–Trinajstić information content (AvgIpc) is 3.20. The summed E-state index contributed by atoms with van der Waals surface area (Å²) in [5, 5.41) is 0. The topological polar surface area (TPSA) is 59.5 Å². The lowest BCUT2D eigenvalue weighted by Crippen LogP contribution is -2.38. The molecule has 5 nitrogen and oxygen atoms in total. The largest absolute Gasteiger partial charge is 0.465 e. The van der Waals surface area contributed by atoms with Crippen LogP contribution in [-0.4, -0.2) is 41.0 Å². The molecule has 0 bridgehead atoms. The summed E-state index contributed by atoms with van der Waals surface area (Å²) in [6, 6.07) is 5.46. The Hall–Kier alpha value is -1.91. The number of carbonyl (C=O) groups is 2. The fraction of sp³-hybridized carbons (Fsp3) is 0.500. The van der Waals surface area contributed by atoms with Crippen LogP contribution in [0.2, 0.25) is 0 Å². The highest BCUT2D eigenvalue weighted by Gasteiger charge is 2.35. The second-order valence-corrected chi connectivity index (χ2v) is 4.63. The summed E-state index contributed by atoms with van der Waals surface area (Å²) >= 11 is 0. The monoisotopic (exact) mass is 262 g/mol. The van der Waals surface area contributed by atoms with E-state index < -0.39 is 0 Å². The Labute approximate surface area is 112 Å². The highest BCUT2D eigenvalue weighted by molar-refractivity contribution is 5.94. The molecule has 1 amide bonds.